The minimum Gasteiger partial charge on any atom is -0.376 e. The van der Waals surface area contributed by atoms with Crippen LogP contribution < -0.4 is 0 Å². The lowest BCUT2D eigenvalue weighted by molar-refractivity contribution is -0.183. The van der Waals surface area contributed by atoms with E-state index in [1.54, 1.807) is 0 Å². The minimum atomic E-state index is -0.247. The topological polar surface area (TPSA) is 27.7 Å². The first-order chi connectivity index (χ1) is 11.2. The molecule has 0 aromatic rings. The first-order valence-corrected chi connectivity index (χ1v) is 9.81. The summed E-state index contributed by atoms with van der Waals surface area (Å²) in [6, 6.07) is 0. The Labute approximate surface area is 145 Å². The molecule has 2 unspecified atom stereocenters. The maximum atomic E-state index is 6.02. The van der Waals surface area contributed by atoms with Gasteiger partial charge in [-0.3, -0.25) is 0 Å². The van der Waals surface area contributed by atoms with Crippen LogP contribution in [0.5, 0.6) is 0 Å². The van der Waals surface area contributed by atoms with Gasteiger partial charge in [-0.25, -0.2) is 0 Å². The summed E-state index contributed by atoms with van der Waals surface area (Å²) in [5, 5.41) is 0. The van der Waals surface area contributed by atoms with Crippen molar-refractivity contribution >= 4 is 0 Å². The average Bonchev–Trinajstić information content (AvgIpc) is 2.58. The van der Waals surface area contributed by atoms with Gasteiger partial charge in [-0.05, 0) is 31.6 Å². The third kappa shape index (κ3) is 12.9. The van der Waals surface area contributed by atoms with E-state index in [0.717, 1.165) is 26.1 Å². The summed E-state index contributed by atoms with van der Waals surface area (Å²) in [5.41, 5.74) is 0. The molecule has 0 saturated heterocycles. The predicted molar refractivity (Wildman–Crippen MR) is 98.5 cm³/mol. The van der Waals surface area contributed by atoms with E-state index < -0.39 is 0 Å². The molecule has 0 heterocycles. The van der Waals surface area contributed by atoms with Crippen LogP contribution in [0, 0.1) is 18.8 Å². The summed E-state index contributed by atoms with van der Waals surface area (Å²) >= 11 is 0. The number of ether oxygens (including phenoxy) is 3. The third-order valence-electron chi connectivity index (χ3n) is 4.52. The van der Waals surface area contributed by atoms with Crippen LogP contribution in [0.15, 0.2) is 0 Å². The van der Waals surface area contributed by atoms with Crippen molar-refractivity contribution in [3.63, 3.8) is 0 Å². The molecule has 0 spiro atoms. The second-order valence-corrected chi connectivity index (χ2v) is 6.50. The van der Waals surface area contributed by atoms with Crippen LogP contribution in [0.4, 0.5) is 0 Å². The van der Waals surface area contributed by atoms with Gasteiger partial charge in [0.25, 0.3) is 0 Å². The molecule has 0 aliphatic heterocycles. The highest BCUT2D eigenvalue weighted by molar-refractivity contribution is 4.59. The zero-order valence-corrected chi connectivity index (χ0v) is 16.1. The van der Waals surface area contributed by atoms with E-state index in [0.29, 0.717) is 25.0 Å². The molecule has 23 heavy (non-hydrogen) atoms. The van der Waals surface area contributed by atoms with Gasteiger partial charge in [0.2, 0.25) is 0 Å². The smallest absolute Gasteiger partial charge is 0.180 e. The Morgan fingerprint density at radius 2 is 1.22 bits per heavy atom. The molecule has 0 aromatic heterocycles. The molecule has 0 aliphatic rings. The van der Waals surface area contributed by atoms with Gasteiger partial charge in [-0.2, -0.15) is 0 Å². The van der Waals surface area contributed by atoms with Crippen molar-refractivity contribution in [3.8, 4) is 0 Å². The Morgan fingerprint density at radius 3 is 1.57 bits per heavy atom. The average molecular weight is 330 g/mol. The summed E-state index contributed by atoms with van der Waals surface area (Å²) < 4.78 is 17.5. The summed E-state index contributed by atoms with van der Waals surface area (Å²) in [4.78, 5) is 0. The van der Waals surface area contributed by atoms with E-state index in [1.807, 2.05) is 0 Å². The van der Waals surface area contributed by atoms with Crippen LogP contribution in [0.2, 0.25) is 0 Å². The fourth-order valence-electron chi connectivity index (χ4n) is 2.61. The van der Waals surface area contributed by atoms with Crippen LogP contribution in [-0.2, 0) is 14.2 Å². The molecule has 0 aromatic carbocycles. The Morgan fingerprint density at radius 1 is 0.739 bits per heavy atom. The zero-order chi connectivity index (χ0) is 17.3. The first kappa shape index (κ1) is 22.9. The number of hydrogen-bond donors (Lipinski definition) is 0. The molecule has 0 bridgehead atoms. The van der Waals surface area contributed by atoms with Crippen molar-refractivity contribution in [2.75, 3.05) is 26.4 Å². The van der Waals surface area contributed by atoms with E-state index >= 15 is 0 Å². The Kier molecular flexibility index (Phi) is 16.6. The van der Waals surface area contributed by atoms with Crippen LogP contribution in [0.1, 0.15) is 79.1 Å². The molecule has 139 valence electrons. The van der Waals surface area contributed by atoms with Crippen molar-refractivity contribution in [1.29, 1.82) is 0 Å². The Balaban J connectivity index is 4.21. The second-order valence-electron chi connectivity index (χ2n) is 6.50. The van der Waals surface area contributed by atoms with Gasteiger partial charge in [-0.1, -0.05) is 66.2 Å². The lowest BCUT2D eigenvalue weighted by Gasteiger charge is -2.24. The zero-order valence-electron chi connectivity index (χ0n) is 16.1. The number of unbranched alkanes of at least 4 members (excludes halogenated alkanes) is 2. The highest BCUT2D eigenvalue weighted by Gasteiger charge is 2.16. The molecule has 0 aliphatic carbocycles. The molecule has 3 nitrogen and oxygen atoms in total. The van der Waals surface area contributed by atoms with E-state index in [1.165, 1.54) is 38.5 Å². The summed E-state index contributed by atoms with van der Waals surface area (Å²) in [6.07, 6.45) is 9.60. The summed E-state index contributed by atoms with van der Waals surface area (Å²) in [6.45, 7) is 15.2. The highest BCUT2D eigenvalue weighted by Crippen LogP contribution is 2.17. The molecule has 0 amide bonds. The fourth-order valence-corrected chi connectivity index (χ4v) is 2.61. The lowest BCUT2D eigenvalue weighted by atomic mass is 10.0. The molecule has 2 atom stereocenters. The van der Waals surface area contributed by atoms with Gasteiger partial charge in [0, 0.05) is 6.61 Å². The fraction of sp³-hybridized carbons (Fsp3) is 0.950. The van der Waals surface area contributed by atoms with E-state index in [2.05, 4.69) is 34.6 Å². The van der Waals surface area contributed by atoms with Crippen molar-refractivity contribution < 1.29 is 14.2 Å². The van der Waals surface area contributed by atoms with Gasteiger partial charge in [0.1, 0.15) is 0 Å². The van der Waals surface area contributed by atoms with E-state index in [4.69, 9.17) is 14.2 Å². The van der Waals surface area contributed by atoms with Gasteiger partial charge in [0.15, 0.2) is 6.29 Å². The minimum absolute atomic E-state index is 0.247. The Bertz CT molecular complexity index is 213. The maximum Gasteiger partial charge on any atom is 0.180 e. The molecule has 0 fully saturated rings. The number of rotatable bonds is 17. The van der Waals surface area contributed by atoms with Gasteiger partial charge in [0.05, 0.1) is 19.8 Å². The summed E-state index contributed by atoms with van der Waals surface area (Å²) in [7, 11) is 0. The second kappa shape index (κ2) is 16.7. The van der Waals surface area contributed by atoms with Crippen molar-refractivity contribution in [3.05, 3.63) is 6.92 Å². The highest BCUT2D eigenvalue weighted by atomic mass is 16.7. The third-order valence-corrected chi connectivity index (χ3v) is 4.52. The normalized spacial score (nSPS) is 15.5. The quantitative estimate of drug-likeness (QED) is 0.324. The van der Waals surface area contributed by atoms with Crippen molar-refractivity contribution in [1.82, 2.24) is 0 Å². The monoisotopic (exact) mass is 329 g/mol. The molecule has 3 heteroatoms. The molecular weight excluding hydrogens is 288 g/mol. The van der Waals surface area contributed by atoms with Gasteiger partial charge in [-0.15, -0.1) is 0 Å². The predicted octanol–water partition coefficient (Wildman–Crippen LogP) is 5.63. The van der Waals surface area contributed by atoms with Gasteiger partial charge >= 0.3 is 0 Å². The Hall–Kier alpha value is -0.120. The largest absolute Gasteiger partial charge is 0.376 e. The summed E-state index contributed by atoms with van der Waals surface area (Å²) in [5.74, 6) is 1.26. The molecular formula is C20H41O3. The van der Waals surface area contributed by atoms with Crippen LogP contribution in [-0.4, -0.2) is 32.7 Å². The van der Waals surface area contributed by atoms with Crippen molar-refractivity contribution in [2.24, 2.45) is 11.8 Å². The van der Waals surface area contributed by atoms with E-state index in [-0.39, 0.29) is 6.29 Å². The van der Waals surface area contributed by atoms with E-state index in [9.17, 15) is 0 Å². The van der Waals surface area contributed by atoms with Crippen LogP contribution >= 0.6 is 0 Å². The molecule has 1 radical (unpaired) electrons. The molecule has 0 N–H and O–H groups in total. The molecule has 0 saturated carbocycles. The molecule has 0 rings (SSSR count). The lowest BCUT2D eigenvalue weighted by Crippen LogP contribution is -2.28. The van der Waals surface area contributed by atoms with Crippen LogP contribution in [0.3, 0.4) is 0 Å². The van der Waals surface area contributed by atoms with Crippen molar-refractivity contribution in [2.45, 2.75) is 85.4 Å². The maximum absolute atomic E-state index is 6.02. The number of hydrogen-bond acceptors (Lipinski definition) is 3. The standard InChI is InChI=1S/C20H41O3/c1-6-11-13-18(8-3)15-22-20(17-21-10-5)23-16-19(9-4)14-12-7-2/h18-20H,5-17H2,1-4H3. The first-order valence-electron chi connectivity index (χ1n) is 9.81. The van der Waals surface area contributed by atoms with Gasteiger partial charge < -0.3 is 14.2 Å². The van der Waals surface area contributed by atoms with Crippen LogP contribution in [0.25, 0.3) is 0 Å². The SMILES string of the molecule is [CH2]COCC(OCC(CC)CCCC)OCC(CC)CCCC.